The third kappa shape index (κ3) is 10.6. The third-order valence-corrected chi connectivity index (χ3v) is 10.6. The molecule has 2 atom stereocenters. The number of benzene rings is 3. The number of aromatic nitrogens is 1. The van der Waals surface area contributed by atoms with Crippen molar-refractivity contribution in [1.82, 2.24) is 10.3 Å². The Morgan fingerprint density at radius 3 is 2.12 bits per heavy atom. The van der Waals surface area contributed by atoms with E-state index < -0.39 is 40.2 Å². The predicted molar refractivity (Wildman–Crippen MR) is 221 cm³/mol. The maximum Gasteiger partial charge on any atom is 0.416 e. The van der Waals surface area contributed by atoms with Gasteiger partial charge in [0.25, 0.3) is 5.91 Å². The van der Waals surface area contributed by atoms with Gasteiger partial charge >= 0.3 is 12.1 Å². The topological polar surface area (TPSA) is 142 Å². The van der Waals surface area contributed by atoms with Crippen LogP contribution in [0.15, 0.2) is 115 Å². The summed E-state index contributed by atoms with van der Waals surface area (Å²) in [5.41, 5.74) is 1.00. The van der Waals surface area contributed by atoms with Gasteiger partial charge in [0, 0.05) is 45.8 Å². The van der Waals surface area contributed by atoms with Crippen molar-refractivity contribution in [2.45, 2.75) is 36.7 Å². The molecule has 11 nitrogen and oxygen atoms in total. The predicted octanol–water partition coefficient (Wildman–Crippen LogP) is 7.84. The summed E-state index contributed by atoms with van der Waals surface area (Å²) in [5.74, 6) is -1.70. The zero-order chi connectivity index (χ0) is 41.7. The smallest absolute Gasteiger partial charge is 0.416 e. The van der Waals surface area contributed by atoms with Crippen LogP contribution in [-0.4, -0.2) is 79.4 Å². The van der Waals surface area contributed by atoms with Crippen LogP contribution in [0.2, 0.25) is 0 Å². The highest BCUT2D eigenvalue weighted by Crippen LogP contribution is 2.44. The van der Waals surface area contributed by atoms with Gasteiger partial charge in [0.1, 0.15) is 5.41 Å². The number of carbonyl (C=O) groups is 3. The monoisotopic (exact) mass is 817 g/mol. The molecule has 1 aromatic heterocycles. The highest BCUT2D eigenvalue weighted by Gasteiger charge is 2.46. The van der Waals surface area contributed by atoms with E-state index in [9.17, 15) is 27.9 Å². The SMILES string of the molecule is COCCNc1ccccc1N(C(=O)C1(c2ncccc2C(=O)NCc2cccc(C(F)(F)F)c2)C=CC(CSC(C)C(=O)O)=CC1)c1ccccc1NCCOC. The van der Waals surface area contributed by atoms with Gasteiger partial charge in [-0.2, -0.15) is 13.2 Å². The highest BCUT2D eigenvalue weighted by molar-refractivity contribution is 8.00. The van der Waals surface area contributed by atoms with Crippen molar-refractivity contribution in [1.29, 1.82) is 0 Å². The lowest BCUT2D eigenvalue weighted by Crippen LogP contribution is -2.47. The fourth-order valence-electron chi connectivity index (χ4n) is 6.35. The number of carboxylic acids is 1. The number of nitrogens with one attached hydrogen (secondary N) is 3. The van der Waals surface area contributed by atoms with E-state index in [0.29, 0.717) is 54.8 Å². The third-order valence-electron chi connectivity index (χ3n) is 9.42. The maximum absolute atomic E-state index is 15.9. The molecule has 0 saturated heterocycles. The number of carboxylic acid groups (broad SMARTS) is 1. The summed E-state index contributed by atoms with van der Waals surface area (Å²) in [6, 6.07) is 22.4. The molecular weight excluding hydrogens is 772 g/mol. The van der Waals surface area contributed by atoms with Gasteiger partial charge in [-0.3, -0.25) is 24.3 Å². The molecule has 0 radical (unpaired) electrons. The minimum Gasteiger partial charge on any atom is -0.480 e. The van der Waals surface area contributed by atoms with E-state index >= 15 is 4.79 Å². The number of amides is 2. The van der Waals surface area contributed by atoms with Crippen LogP contribution in [-0.2, 0) is 37.2 Å². The molecule has 58 heavy (non-hydrogen) atoms. The lowest BCUT2D eigenvalue weighted by Gasteiger charge is -2.38. The molecule has 5 rings (SSSR count). The molecule has 1 heterocycles. The number of aliphatic carboxylic acids is 1. The molecule has 2 amide bonds. The second-order valence-electron chi connectivity index (χ2n) is 13.4. The van der Waals surface area contributed by atoms with Crippen molar-refractivity contribution in [3.63, 3.8) is 0 Å². The normalized spacial score (nSPS) is 15.6. The number of thioether (sulfide) groups is 1. The molecule has 0 bridgehead atoms. The lowest BCUT2D eigenvalue weighted by atomic mass is 9.73. The van der Waals surface area contributed by atoms with Crippen molar-refractivity contribution >= 4 is 52.3 Å². The minimum atomic E-state index is -4.56. The van der Waals surface area contributed by atoms with Crippen LogP contribution in [0.3, 0.4) is 0 Å². The Kier molecular flexibility index (Phi) is 15.1. The van der Waals surface area contributed by atoms with Crippen LogP contribution in [0.4, 0.5) is 35.9 Å². The number of para-hydroxylation sites is 4. The van der Waals surface area contributed by atoms with Gasteiger partial charge in [0.15, 0.2) is 0 Å². The van der Waals surface area contributed by atoms with Gasteiger partial charge in [0.2, 0.25) is 5.91 Å². The van der Waals surface area contributed by atoms with E-state index in [0.717, 1.165) is 17.7 Å². The number of hydrogen-bond donors (Lipinski definition) is 4. The van der Waals surface area contributed by atoms with Crippen molar-refractivity contribution < 1.29 is 42.1 Å². The van der Waals surface area contributed by atoms with Gasteiger partial charge in [-0.25, -0.2) is 0 Å². The summed E-state index contributed by atoms with van der Waals surface area (Å²) in [6.07, 6.45) is 2.27. The molecule has 3 aromatic carbocycles. The van der Waals surface area contributed by atoms with Crippen LogP contribution in [0.25, 0.3) is 0 Å². The van der Waals surface area contributed by atoms with Gasteiger partial charge < -0.3 is 30.5 Å². The maximum atomic E-state index is 15.9. The lowest BCUT2D eigenvalue weighted by molar-refractivity contribution is -0.138. The minimum absolute atomic E-state index is 0.0413. The van der Waals surface area contributed by atoms with Crippen LogP contribution >= 0.6 is 11.8 Å². The summed E-state index contributed by atoms with van der Waals surface area (Å²) in [6.45, 7) is 3.03. The molecule has 306 valence electrons. The van der Waals surface area contributed by atoms with Crippen molar-refractivity contribution in [2.75, 3.05) is 61.8 Å². The second-order valence-corrected chi connectivity index (χ2v) is 14.7. The number of ether oxygens (including phenoxy) is 2. The average Bonchev–Trinajstić information content (AvgIpc) is 3.23. The molecule has 1 aliphatic rings. The Morgan fingerprint density at radius 1 is 0.914 bits per heavy atom. The number of hydrogen-bond acceptors (Lipinski definition) is 9. The Balaban J connectivity index is 1.65. The first-order valence-corrected chi connectivity index (χ1v) is 19.5. The number of allylic oxidation sites excluding steroid dienone is 2. The number of pyridine rings is 1. The quantitative estimate of drug-likeness (QED) is 0.0692. The number of nitrogens with zero attached hydrogens (tertiary/aromatic N) is 2. The molecule has 0 aliphatic heterocycles. The largest absolute Gasteiger partial charge is 0.480 e. The molecule has 0 saturated carbocycles. The highest BCUT2D eigenvalue weighted by atomic mass is 32.2. The van der Waals surface area contributed by atoms with Gasteiger partial charge in [-0.15, -0.1) is 11.8 Å². The Labute approximate surface area is 339 Å². The summed E-state index contributed by atoms with van der Waals surface area (Å²) in [4.78, 5) is 47.9. The molecule has 15 heteroatoms. The zero-order valence-corrected chi connectivity index (χ0v) is 33.2. The van der Waals surface area contributed by atoms with Gasteiger partial charge in [0.05, 0.1) is 58.0 Å². The summed E-state index contributed by atoms with van der Waals surface area (Å²) in [7, 11) is 3.18. The first-order chi connectivity index (χ1) is 27.9. The zero-order valence-electron chi connectivity index (χ0n) is 32.3. The molecule has 0 spiro atoms. The van der Waals surface area contributed by atoms with Gasteiger partial charge in [-0.1, -0.05) is 54.6 Å². The fraction of sp³-hybridized carbons (Fsp3) is 0.302. The van der Waals surface area contributed by atoms with E-state index in [-0.39, 0.29) is 29.8 Å². The van der Waals surface area contributed by atoms with E-state index in [1.807, 2.05) is 54.6 Å². The molecule has 4 N–H and O–H groups in total. The molecular formula is C43H46F3N5O6S. The second kappa shape index (κ2) is 20.2. The number of methoxy groups -OCH3 is 2. The Hall–Kier alpha value is -5.64. The molecule has 2 unspecified atom stereocenters. The van der Waals surface area contributed by atoms with Crippen molar-refractivity contribution in [2.24, 2.45) is 0 Å². The van der Waals surface area contributed by atoms with E-state index in [4.69, 9.17) is 14.5 Å². The van der Waals surface area contributed by atoms with Crippen LogP contribution in [0.1, 0.15) is 40.5 Å². The van der Waals surface area contributed by atoms with Crippen LogP contribution in [0, 0.1) is 0 Å². The van der Waals surface area contributed by atoms with E-state index in [1.165, 1.54) is 36.2 Å². The first kappa shape index (κ1) is 43.5. The van der Waals surface area contributed by atoms with Crippen molar-refractivity contribution in [3.05, 3.63) is 137 Å². The number of halogens is 3. The number of anilines is 4. The number of carbonyl (C=O) groups excluding carboxylic acids is 2. The first-order valence-electron chi connectivity index (χ1n) is 18.5. The summed E-state index contributed by atoms with van der Waals surface area (Å²) < 4.78 is 51.0. The van der Waals surface area contributed by atoms with Crippen LogP contribution in [0.5, 0.6) is 0 Å². The summed E-state index contributed by atoms with van der Waals surface area (Å²) >= 11 is 1.23. The Morgan fingerprint density at radius 2 is 1.55 bits per heavy atom. The van der Waals surface area contributed by atoms with E-state index in [1.54, 1.807) is 44.3 Å². The van der Waals surface area contributed by atoms with E-state index in [2.05, 4.69) is 16.0 Å². The van der Waals surface area contributed by atoms with Gasteiger partial charge in [-0.05, 0) is 73.0 Å². The molecule has 4 aromatic rings. The average molecular weight is 818 g/mol. The Bertz CT molecular complexity index is 2080. The standard InChI is InChI=1S/C43H46F3N5O6S/c1-29(40(53)54)58-28-30-17-19-42(20-18-30,38-33(12-9-21-49-38)39(52)50-27-31-10-8-11-32(26-31)43(44,45)46)41(55)51(36-15-6-4-13-34(36)47-22-24-56-2)37-16-7-5-14-35(37)48-23-25-57-3/h4-19,21,26,29,47-48H,20,22-25,27-28H2,1-3H3,(H,50,52)(H,53,54). The number of rotatable bonds is 19. The van der Waals surface area contributed by atoms with Crippen molar-refractivity contribution in [3.8, 4) is 0 Å². The van der Waals surface area contributed by atoms with Crippen LogP contribution < -0.4 is 20.9 Å². The number of alkyl halides is 3. The fourth-order valence-corrected chi connectivity index (χ4v) is 7.15. The molecule has 1 aliphatic carbocycles. The molecule has 0 fully saturated rings. The summed E-state index contributed by atoms with van der Waals surface area (Å²) in [5, 5.41) is 18.3.